The highest BCUT2D eigenvalue weighted by Gasteiger charge is 2.30. The van der Waals surface area contributed by atoms with E-state index in [0.717, 1.165) is 10.4 Å². The standard InChI is InChI=1S/C21H25ClN4O4S/c1-21(2,3)30-20(29)26-10-4-5-14-15(11-26)31-18(16(14)17(23)27)25-19(28)24-13-8-6-12(22)7-9-13/h6-9H,4-5,10-11H2,1-3H3,(H2,23,27)(H2,24,25,28). The molecule has 4 amide bonds. The average Bonchev–Trinajstić information content (AvgIpc) is 2.84. The molecule has 0 bridgehead atoms. The number of benzene rings is 1. The smallest absolute Gasteiger partial charge is 0.410 e. The molecule has 1 aromatic carbocycles. The second-order valence-corrected chi connectivity index (χ2v) is 9.71. The minimum Gasteiger partial charge on any atom is -0.444 e. The second-order valence-electron chi connectivity index (χ2n) is 8.16. The number of nitrogens with one attached hydrogen (secondary N) is 2. The number of urea groups is 1. The zero-order valence-electron chi connectivity index (χ0n) is 17.6. The van der Waals surface area contributed by atoms with Crippen molar-refractivity contribution in [2.24, 2.45) is 5.73 Å². The van der Waals surface area contributed by atoms with E-state index < -0.39 is 23.6 Å². The number of hydrogen-bond donors (Lipinski definition) is 3. The Labute approximate surface area is 189 Å². The molecule has 4 N–H and O–H groups in total. The lowest BCUT2D eigenvalue weighted by Gasteiger charge is -2.26. The summed E-state index contributed by atoms with van der Waals surface area (Å²) in [4.78, 5) is 39.6. The van der Waals surface area contributed by atoms with Gasteiger partial charge in [-0.05, 0) is 63.4 Å². The number of rotatable bonds is 3. The van der Waals surface area contributed by atoms with Gasteiger partial charge in [0.2, 0.25) is 0 Å². The molecule has 0 unspecified atom stereocenters. The molecule has 8 nitrogen and oxygen atoms in total. The third-order valence-electron chi connectivity index (χ3n) is 4.51. The number of carbonyl (C=O) groups excluding carboxylic acids is 3. The summed E-state index contributed by atoms with van der Waals surface area (Å²) in [7, 11) is 0. The van der Waals surface area contributed by atoms with Crippen molar-refractivity contribution in [1.29, 1.82) is 0 Å². The van der Waals surface area contributed by atoms with Gasteiger partial charge in [-0.1, -0.05) is 11.6 Å². The molecule has 0 saturated carbocycles. The van der Waals surface area contributed by atoms with Crippen LogP contribution in [0.3, 0.4) is 0 Å². The SMILES string of the molecule is CC(C)(C)OC(=O)N1CCCc2c(sc(NC(=O)Nc3ccc(Cl)cc3)c2C(N)=O)C1. The zero-order valence-corrected chi connectivity index (χ0v) is 19.2. The molecule has 0 saturated heterocycles. The van der Waals surface area contributed by atoms with Crippen LogP contribution in [-0.4, -0.2) is 35.1 Å². The number of halogens is 1. The molecule has 2 heterocycles. The van der Waals surface area contributed by atoms with Crippen molar-refractivity contribution in [3.05, 3.63) is 45.3 Å². The molecule has 10 heteroatoms. The van der Waals surface area contributed by atoms with Crippen LogP contribution in [0.15, 0.2) is 24.3 Å². The fourth-order valence-electron chi connectivity index (χ4n) is 3.23. The summed E-state index contributed by atoms with van der Waals surface area (Å²) < 4.78 is 5.48. The van der Waals surface area contributed by atoms with Gasteiger partial charge in [0.25, 0.3) is 5.91 Å². The maximum atomic E-state index is 12.5. The highest BCUT2D eigenvalue weighted by Crippen LogP contribution is 2.37. The Bertz CT molecular complexity index is 998. The summed E-state index contributed by atoms with van der Waals surface area (Å²) in [6, 6.07) is 6.14. The first-order chi connectivity index (χ1) is 14.5. The first-order valence-corrected chi connectivity index (χ1v) is 11.0. The van der Waals surface area contributed by atoms with E-state index in [1.165, 1.54) is 11.3 Å². The van der Waals surface area contributed by atoms with E-state index in [4.69, 9.17) is 22.1 Å². The lowest BCUT2D eigenvalue weighted by Crippen LogP contribution is -2.36. The number of hydrogen-bond acceptors (Lipinski definition) is 5. The molecular formula is C21H25ClN4O4S. The Kier molecular flexibility index (Phi) is 6.76. The van der Waals surface area contributed by atoms with Gasteiger partial charge in [-0.3, -0.25) is 10.1 Å². The number of primary amides is 1. The molecule has 0 fully saturated rings. The van der Waals surface area contributed by atoms with Crippen molar-refractivity contribution in [3.63, 3.8) is 0 Å². The van der Waals surface area contributed by atoms with Gasteiger partial charge in [0.1, 0.15) is 10.6 Å². The van der Waals surface area contributed by atoms with Crippen molar-refractivity contribution in [2.45, 2.75) is 45.8 Å². The number of anilines is 2. The van der Waals surface area contributed by atoms with Crippen molar-refractivity contribution >= 4 is 51.7 Å². The monoisotopic (exact) mass is 464 g/mol. The second kappa shape index (κ2) is 9.15. The molecule has 3 rings (SSSR count). The van der Waals surface area contributed by atoms with Gasteiger partial charge in [0.15, 0.2) is 0 Å². The fourth-order valence-corrected chi connectivity index (χ4v) is 4.62. The molecular weight excluding hydrogens is 440 g/mol. The van der Waals surface area contributed by atoms with E-state index in [9.17, 15) is 14.4 Å². The van der Waals surface area contributed by atoms with Crippen molar-refractivity contribution in [2.75, 3.05) is 17.2 Å². The van der Waals surface area contributed by atoms with Gasteiger partial charge in [-0.25, -0.2) is 9.59 Å². The van der Waals surface area contributed by atoms with Crippen LogP contribution in [0.2, 0.25) is 5.02 Å². The Balaban J connectivity index is 1.81. The van der Waals surface area contributed by atoms with E-state index in [2.05, 4.69) is 10.6 Å². The average molecular weight is 465 g/mol. The number of nitrogens with zero attached hydrogens (tertiary/aromatic N) is 1. The van der Waals surface area contributed by atoms with Crippen LogP contribution in [0, 0.1) is 0 Å². The summed E-state index contributed by atoms with van der Waals surface area (Å²) in [5.41, 5.74) is 6.64. The molecule has 0 atom stereocenters. The van der Waals surface area contributed by atoms with Crippen LogP contribution in [0.4, 0.5) is 20.3 Å². The number of thiophene rings is 1. The number of nitrogens with two attached hydrogens (primary N) is 1. The molecule has 1 aliphatic rings. The van der Waals surface area contributed by atoms with E-state index in [1.54, 1.807) is 29.2 Å². The third-order valence-corrected chi connectivity index (χ3v) is 5.89. The van der Waals surface area contributed by atoms with Crippen LogP contribution >= 0.6 is 22.9 Å². The summed E-state index contributed by atoms with van der Waals surface area (Å²) in [6.45, 7) is 6.23. The molecule has 166 valence electrons. The van der Waals surface area contributed by atoms with Crippen molar-refractivity contribution in [3.8, 4) is 0 Å². The zero-order chi connectivity index (χ0) is 22.8. The molecule has 1 aliphatic heterocycles. The van der Waals surface area contributed by atoms with Crippen LogP contribution in [0.25, 0.3) is 0 Å². The summed E-state index contributed by atoms with van der Waals surface area (Å²) in [5.74, 6) is -0.620. The van der Waals surface area contributed by atoms with E-state index >= 15 is 0 Å². The van der Waals surface area contributed by atoms with Gasteiger partial charge < -0.3 is 20.7 Å². The first kappa shape index (κ1) is 22.9. The number of carbonyl (C=O) groups is 3. The van der Waals surface area contributed by atoms with E-state index in [-0.39, 0.29) is 12.1 Å². The van der Waals surface area contributed by atoms with E-state index in [0.29, 0.717) is 35.1 Å². The van der Waals surface area contributed by atoms with Crippen LogP contribution in [0.1, 0.15) is 48.0 Å². The van der Waals surface area contributed by atoms with Crippen LogP contribution in [0.5, 0.6) is 0 Å². The molecule has 0 radical (unpaired) electrons. The predicted molar refractivity (Wildman–Crippen MR) is 122 cm³/mol. The maximum absolute atomic E-state index is 12.5. The highest BCUT2D eigenvalue weighted by atomic mass is 35.5. The molecule has 31 heavy (non-hydrogen) atoms. The van der Waals surface area contributed by atoms with Gasteiger partial charge >= 0.3 is 12.1 Å². The highest BCUT2D eigenvalue weighted by molar-refractivity contribution is 7.17. The normalized spacial score (nSPS) is 13.7. The minimum atomic E-state index is -0.620. The fraction of sp³-hybridized carbons (Fsp3) is 0.381. The van der Waals surface area contributed by atoms with Gasteiger partial charge in [0.05, 0.1) is 12.1 Å². The summed E-state index contributed by atoms with van der Waals surface area (Å²) in [6.07, 6.45) is 0.813. The Morgan fingerprint density at radius 1 is 1.16 bits per heavy atom. The Morgan fingerprint density at radius 2 is 1.84 bits per heavy atom. The van der Waals surface area contributed by atoms with E-state index in [1.807, 2.05) is 20.8 Å². The Morgan fingerprint density at radius 3 is 2.45 bits per heavy atom. The third kappa shape index (κ3) is 5.89. The molecule has 0 spiro atoms. The maximum Gasteiger partial charge on any atom is 0.410 e. The molecule has 1 aromatic heterocycles. The topological polar surface area (TPSA) is 114 Å². The van der Waals surface area contributed by atoms with Gasteiger partial charge in [-0.2, -0.15) is 0 Å². The first-order valence-electron chi connectivity index (χ1n) is 9.79. The lowest BCUT2D eigenvalue weighted by molar-refractivity contribution is 0.0238. The van der Waals surface area contributed by atoms with Crippen LogP contribution in [-0.2, 0) is 17.7 Å². The van der Waals surface area contributed by atoms with Gasteiger partial charge in [-0.15, -0.1) is 11.3 Å². The summed E-state index contributed by atoms with van der Waals surface area (Å²) in [5, 5.41) is 6.32. The number of ether oxygens (including phenoxy) is 1. The number of amides is 4. The molecule has 0 aliphatic carbocycles. The minimum absolute atomic E-state index is 0.287. The quantitative estimate of drug-likeness (QED) is 0.603. The van der Waals surface area contributed by atoms with Crippen molar-refractivity contribution < 1.29 is 19.1 Å². The summed E-state index contributed by atoms with van der Waals surface area (Å²) >= 11 is 7.10. The predicted octanol–water partition coefficient (Wildman–Crippen LogP) is 4.83. The lowest BCUT2D eigenvalue weighted by atomic mass is 10.1. The largest absolute Gasteiger partial charge is 0.444 e. The molecule has 2 aromatic rings. The van der Waals surface area contributed by atoms with Crippen LogP contribution < -0.4 is 16.4 Å². The number of fused-ring (bicyclic) bond motifs is 1. The van der Waals surface area contributed by atoms with Gasteiger partial charge in [0, 0.05) is 22.1 Å². The Hall–Kier alpha value is -2.78. The van der Waals surface area contributed by atoms with Crippen molar-refractivity contribution in [1.82, 2.24) is 4.90 Å².